The number of pyridine rings is 1. The molecule has 2 N–H and O–H groups in total. The number of carbonyl (C=O) groups is 2. The minimum atomic E-state index is -0.632. The molecule has 0 aliphatic rings. The first-order chi connectivity index (χ1) is 12.1. The second-order valence-corrected chi connectivity index (χ2v) is 5.04. The Hall–Kier alpha value is -3.68. The van der Waals surface area contributed by atoms with Gasteiger partial charge in [0.15, 0.2) is 6.61 Å². The Kier molecular flexibility index (Phi) is 4.70. The Balaban J connectivity index is 1.60. The van der Waals surface area contributed by atoms with Crippen molar-refractivity contribution in [2.45, 2.75) is 0 Å². The van der Waals surface area contributed by atoms with Crippen LogP contribution in [0.4, 0.5) is 5.82 Å². The van der Waals surface area contributed by atoms with Crippen LogP contribution in [0, 0.1) is 0 Å². The first-order valence-corrected chi connectivity index (χ1v) is 7.38. The average Bonchev–Trinajstić information content (AvgIpc) is 3.01. The molecule has 2 aromatic heterocycles. The number of rotatable bonds is 5. The van der Waals surface area contributed by atoms with Gasteiger partial charge in [0, 0.05) is 18.5 Å². The first-order valence-electron chi connectivity index (χ1n) is 7.38. The Labute approximate surface area is 142 Å². The van der Waals surface area contributed by atoms with Crippen LogP contribution in [-0.4, -0.2) is 33.2 Å². The van der Waals surface area contributed by atoms with E-state index in [-0.39, 0.29) is 11.4 Å². The van der Waals surface area contributed by atoms with Crippen LogP contribution in [0.3, 0.4) is 0 Å². The standard InChI is InChI=1S/C17H14N4O4/c22-15(11-25-17(24)12-6-8-18-9-7-12)19-14-10-16(23)21(20-14)13-4-2-1-3-5-13/h1-10,20H,11H2,(H,19,22). The van der Waals surface area contributed by atoms with Crippen LogP contribution < -0.4 is 10.9 Å². The number of amides is 1. The number of hydrogen-bond acceptors (Lipinski definition) is 5. The number of nitrogens with zero attached hydrogens (tertiary/aromatic N) is 2. The highest BCUT2D eigenvalue weighted by molar-refractivity contribution is 5.94. The topological polar surface area (TPSA) is 106 Å². The van der Waals surface area contributed by atoms with E-state index in [1.54, 1.807) is 24.3 Å². The van der Waals surface area contributed by atoms with E-state index in [4.69, 9.17) is 4.74 Å². The van der Waals surface area contributed by atoms with Gasteiger partial charge in [-0.05, 0) is 24.3 Å². The zero-order valence-electron chi connectivity index (χ0n) is 13.0. The van der Waals surface area contributed by atoms with Crippen molar-refractivity contribution in [1.82, 2.24) is 14.8 Å². The van der Waals surface area contributed by atoms with Crippen molar-refractivity contribution in [3.05, 3.63) is 76.8 Å². The molecule has 0 bridgehead atoms. The number of para-hydroxylation sites is 1. The van der Waals surface area contributed by atoms with Gasteiger partial charge in [-0.15, -0.1) is 0 Å². The van der Waals surface area contributed by atoms with E-state index in [0.717, 1.165) is 0 Å². The summed E-state index contributed by atoms with van der Waals surface area (Å²) in [5, 5.41) is 5.25. The number of carbonyl (C=O) groups excluding carboxylic acids is 2. The molecule has 0 aliphatic heterocycles. The van der Waals surface area contributed by atoms with Crippen molar-refractivity contribution in [2.75, 3.05) is 11.9 Å². The van der Waals surface area contributed by atoms with Gasteiger partial charge in [0.25, 0.3) is 11.5 Å². The number of aromatic nitrogens is 3. The average molecular weight is 338 g/mol. The fourth-order valence-corrected chi connectivity index (χ4v) is 2.12. The van der Waals surface area contributed by atoms with Crippen molar-refractivity contribution in [3.8, 4) is 5.69 Å². The molecule has 126 valence electrons. The smallest absolute Gasteiger partial charge is 0.338 e. The molecule has 0 radical (unpaired) electrons. The van der Waals surface area contributed by atoms with E-state index in [0.29, 0.717) is 11.3 Å². The Morgan fingerprint density at radius 1 is 1.12 bits per heavy atom. The molecule has 0 aliphatic carbocycles. The van der Waals surface area contributed by atoms with Crippen molar-refractivity contribution < 1.29 is 14.3 Å². The summed E-state index contributed by atoms with van der Waals surface area (Å²) >= 11 is 0. The molecule has 0 atom stereocenters. The lowest BCUT2D eigenvalue weighted by molar-refractivity contribution is -0.119. The number of esters is 1. The maximum absolute atomic E-state index is 12.0. The van der Waals surface area contributed by atoms with E-state index in [1.165, 1.54) is 35.3 Å². The van der Waals surface area contributed by atoms with E-state index in [1.807, 2.05) is 6.07 Å². The lowest BCUT2D eigenvalue weighted by atomic mass is 10.3. The maximum atomic E-state index is 12.0. The van der Waals surface area contributed by atoms with Gasteiger partial charge in [0.1, 0.15) is 5.82 Å². The van der Waals surface area contributed by atoms with Gasteiger partial charge in [-0.2, -0.15) is 0 Å². The van der Waals surface area contributed by atoms with Crippen LogP contribution in [0.5, 0.6) is 0 Å². The minimum absolute atomic E-state index is 0.207. The summed E-state index contributed by atoms with van der Waals surface area (Å²) in [7, 11) is 0. The van der Waals surface area contributed by atoms with E-state index >= 15 is 0 Å². The van der Waals surface area contributed by atoms with Crippen LogP contribution in [0.25, 0.3) is 5.69 Å². The van der Waals surface area contributed by atoms with E-state index in [2.05, 4.69) is 15.4 Å². The Morgan fingerprint density at radius 2 is 1.84 bits per heavy atom. The third-order valence-corrected chi connectivity index (χ3v) is 3.26. The number of hydrogen-bond donors (Lipinski definition) is 2. The van der Waals surface area contributed by atoms with Gasteiger partial charge in [-0.1, -0.05) is 18.2 Å². The number of nitrogens with one attached hydrogen (secondary N) is 2. The number of benzene rings is 1. The largest absolute Gasteiger partial charge is 0.452 e. The van der Waals surface area contributed by atoms with Crippen LogP contribution in [0.2, 0.25) is 0 Å². The second kappa shape index (κ2) is 7.26. The van der Waals surface area contributed by atoms with Gasteiger partial charge in [0.2, 0.25) is 0 Å². The highest BCUT2D eigenvalue weighted by Crippen LogP contribution is 2.06. The molecule has 1 amide bonds. The molecular formula is C17H14N4O4. The molecule has 0 fully saturated rings. The van der Waals surface area contributed by atoms with Crippen LogP contribution in [0.15, 0.2) is 65.7 Å². The van der Waals surface area contributed by atoms with Crippen LogP contribution in [-0.2, 0) is 9.53 Å². The molecule has 1 aromatic carbocycles. The van der Waals surface area contributed by atoms with Crippen molar-refractivity contribution >= 4 is 17.7 Å². The van der Waals surface area contributed by atoms with Gasteiger partial charge >= 0.3 is 5.97 Å². The van der Waals surface area contributed by atoms with Gasteiger partial charge in [-0.3, -0.25) is 19.7 Å². The van der Waals surface area contributed by atoms with Gasteiger partial charge in [-0.25, -0.2) is 9.48 Å². The monoisotopic (exact) mass is 338 g/mol. The van der Waals surface area contributed by atoms with E-state index < -0.39 is 18.5 Å². The van der Waals surface area contributed by atoms with Crippen molar-refractivity contribution in [1.29, 1.82) is 0 Å². The lowest BCUT2D eigenvalue weighted by Crippen LogP contribution is -2.21. The summed E-state index contributed by atoms with van der Waals surface area (Å²) in [5.74, 6) is -0.990. The predicted molar refractivity (Wildman–Crippen MR) is 89.5 cm³/mol. The molecule has 2 heterocycles. The molecule has 8 heteroatoms. The SMILES string of the molecule is O=C(COC(=O)c1ccncc1)Nc1cc(=O)n(-c2ccccc2)[nH]1. The third kappa shape index (κ3) is 3.99. The van der Waals surface area contributed by atoms with Crippen molar-refractivity contribution in [2.24, 2.45) is 0 Å². The molecule has 0 unspecified atom stereocenters. The zero-order chi connectivity index (χ0) is 17.6. The molecule has 8 nitrogen and oxygen atoms in total. The van der Waals surface area contributed by atoms with Crippen LogP contribution in [0.1, 0.15) is 10.4 Å². The minimum Gasteiger partial charge on any atom is -0.452 e. The Bertz CT molecular complexity index is 932. The quantitative estimate of drug-likeness (QED) is 0.683. The highest BCUT2D eigenvalue weighted by atomic mass is 16.5. The molecule has 25 heavy (non-hydrogen) atoms. The molecule has 0 saturated carbocycles. The number of H-pyrrole nitrogens is 1. The first kappa shape index (κ1) is 16.2. The van der Waals surface area contributed by atoms with E-state index in [9.17, 15) is 14.4 Å². The lowest BCUT2D eigenvalue weighted by Gasteiger charge is -2.05. The summed E-state index contributed by atoms with van der Waals surface area (Å²) in [6.45, 7) is -0.473. The maximum Gasteiger partial charge on any atom is 0.338 e. The Morgan fingerprint density at radius 3 is 2.56 bits per heavy atom. The number of ether oxygens (including phenoxy) is 1. The van der Waals surface area contributed by atoms with Gasteiger partial charge < -0.3 is 10.1 Å². The normalized spacial score (nSPS) is 10.2. The summed E-state index contributed by atoms with van der Waals surface area (Å²) in [4.78, 5) is 39.4. The third-order valence-electron chi connectivity index (χ3n) is 3.26. The molecular weight excluding hydrogens is 324 g/mol. The zero-order valence-corrected chi connectivity index (χ0v) is 13.0. The summed E-state index contributed by atoms with van der Waals surface area (Å²) in [5.41, 5.74) is 0.610. The molecule has 0 saturated heterocycles. The molecule has 3 aromatic rings. The van der Waals surface area contributed by atoms with Crippen LogP contribution >= 0.6 is 0 Å². The summed E-state index contributed by atoms with van der Waals surface area (Å²) < 4.78 is 6.20. The molecule has 3 rings (SSSR count). The molecule has 0 spiro atoms. The predicted octanol–water partition coefficient (Wildman–Crippen LogP) is 1.36. The number of anilines is 1. The highest BCUT2D eigenvalue weighted by Gasteiger charge is 2.12. The summed E-state index contributed by atoms with van der Waals surface area (Å²) in [6.07, 6.45) is 2.90. The second-order valence-electron chi connectivity index (χ2n) is 5.04. The summed E-state index contributed by atoms with van der Waals surface area (Å²) in [6, 6.07) is 13.1. The van der Waals surface area contributed by atoms with Gasteiger partial charge in [0.05, 0.1) is 11.3 Å². The fourth-order valence-electron chi connectivity index (χ4n) is 2.12. The fraction of sp³-hybridized carbons (Fsp3) is 0.0588. The number of aromatic amines is 1. The van der Waals surface area contributed by atoms with Crippen molar-refractivity contribution in [3.63, 3.8) is 0 Å².